The van der Waals surface area contributed by atoms with Crippen molar-refractivity contribution >= 4 is 52.3 Å². The van der Waals surface area contributed by atoms with Crippen molar-refractivity contribution in [2.75, 3.05) is 11.1 Å². The van der Waals surface area contributed by atoms with Crippen LogP contribution >= 0.6 is 35.6 Å². The van der Waals surface area contributed by atoms with E-state index >= 15 is 0 Å². The molecule has 178 valence electrons. The van der Waals surface area contributed by atoms with E-state index in [0.717, 1.165) is 11.4 Å². The van der Waals surface area contributed by atoms with E-state index in [9.17, 15) is 4.79 Å². The van der Waals surface area contributed by atoms with Gasteiger partial charge in [0.25, 0.3) is 0 Å². The van der Waals surface area contributed by atoms with Crippen molar-refractivity contribution in [2.45, 2.75) is 11.8 Å². The van der Waals surface area contributed by atoms with Gasteiger partial charge in [0.05, 0.1) is 5.75 Å². The molecule has 3 aromatic carbocycles. The molecule has 0 spiro atoms. The molecule has 0 aliphatic carbocycles. The molecule has 1 amide bonds. The van der Waals surface area contributed by atoms with Gasteiger partial charge in [-0.25, -0.2) is 0 Å². The van der Waals surface area contributed by atoms with Gasteiger partial charge in [0.1, 0.15) is 12.4 Å². The van der Waals surface area contributed by atoms with Crippen molar-refractivity contribution in [1.29, 1.82) is 0 Å². The van der Waals surface area contributed by atoms with Crippen LogP contribution in [0.2, 0.25) is 5.02 Å². The van der Waals surface area contributed by atoms with Crippen LogP contribution in [0.25, 0.3) is 5.69 Å². The monoisotopic (exact) mass is 524 g/mol. The van der Waals surface area contributed by atoms with Crippen molar-refractivity contribution < 1.29 is 9.53 Å². The Morgan fingerprint density at radius 2 is 1.63 bits per heavy atom. The number of nitrogens with one attached hydrogen (secondary N) is 3. The van der Waals surface area contributed by atoms with Crippen molar-refractivity contribution in [3.05, 3.63) is 95.8 Å². The zero-order valence-electron chi connectivity index (χ0n) is 18.3. The summed E-state index contributed by atoms with van der Waals surface area (Å²) in [5.74, 6) is 1.09. The van der Waals surface area contributed by atoms with Crippen molar-refractivity contribution in [1.82, 2.24) is 25.6 Å². The number of halogens is 1. The number of hydrogen-bond donors (Lipinski definition) is 3. The van der Waals surface area contributed by atoms with Crippen LogP contribution < -0.4 is 20.9 Å². The standard InChI is InChI=1S/C24H21ClN6O2S2/c25-17-11-13-20(14-12-17)33-15-21-27-30-24(31(21)19-9-5-2-6-10-19)35-16-22(32)28-29-23(34)26-18-7-3-1-4-8-18/h1-14H,15-16H2,(H,28,32)(H2,26,29,34). The minimum atomic E-state index is -0.270. The average Bonchev–Trinajstić information content (AvgIpc) is 3.30. The topological polar surface area (TPSA) is 93.1 Å². The summed E-state index contributed by atoms with van der Waals surface area (Å²) in [6.07, 6.45) is 0. The number of thioether (sulfide) groups is 1. The van der Waals surface area contributed by atoms with Crippen LogP contribution in [0, 0.1) is 0 Å². The van der Waals surface area contributed by atoms with Gasteiger partial charge in [-0.2, -0.15) is 0 Å². The summed E-state index contributed by atoms with van der Waals surface area (Å²) in [6, 6.07) is 26.2. The highest BCUT2D eigenvalue weighted by atomic mass is 35.5. The lowest BCUT2D eigenvalue weighted by molar-refractivity contribution is -0.119. The Morgan fingerprint density at radius 3 is 2.34 bits per heavy atom. The molecule has 35 heavy (non-hydrogen) atoms. The zero-order chi connectivity index (χ0) is 24.5. The average molecular weight is 525 g/mol. The molecule has 3 N–H and O–H groups in total. The van der Waals surface area contributed by atoms with E-state index in [0.29, 0.717) is 21.8 Å². The number of ether oxygens (including phenoxy) is 1. The smallest absolute Gasteiger partial charge is 0.248 e. The third kappa shape index (κ3) is 7.19. The van der Waals surface area contributed by atoms with Gasteiger partial charge in [-0.3, -0.25) is 20.2 Å². The van der Waals surface area contributed by atoms with E-state index in [4.69, 9.17) is 28.6 Å². The lowest BCUT2D eigenvalue weighted by atomic mass is 10.3. The first kappa shape index (κ1) is 24.5. The van der Waals surface area contributed by atoms with E-state index < -0.39 is 0 Å². The highest BCUT2D eigenvalue weighted by Gasteiger charge is 2.16. The minimum Gasteiger partial charge on any atom is -0.486 e. The van der Waals surface area contributed by atoms with Gasteiger partial charge in [0.15, 0.2) is 16.1 Å². The summed E-state index contributed by atoms with van der Waals surface area (Å²) in [6.45, 7) is 0.192. The number of aromatic nitrogens is 3. The SMILES string of the molecule is O=C(CSc1nnc(COc2ccc(Cl)cc2)n1-c1ccccc1)NNC(=S)Nc1ccccc1. The number of rotatable bonds is 8. The molecule has 11 heteroatoms. The Hall–Kier alpha value is -3.60. The quantitative estimate of drug-likeness (QED) is 0.175. The number of nitrogens with zero attached hydrogens (tertiary/aromatic N) is 3. The maximum Gasteiger partial charge on any atom is 0.248 e. The number of amides is 1. The lowest BCUT2D eigenvalue weighted by Gasteiger charge is -2.12. The molecular formula is C24H21ClN6O2S2. The fraction of sp³-hybridized carbons (Fsp3) is 0.0833. The van der Waals surface area contributed by atoms with Gasteiger partial charge in [0.2, 0.25) is 5.91 Å². The van der Waals surface area contributed by atoms with E-state index in [1.54, 1.807) is 24.3 Å². The first-order chi connectivity index (χ1) is 17.1. The molecule has 0 fully saturated rings. The van der Waals surface area contributed by atoms with Crippen molar-refractivity contribution in [3.63, 3.8) is 0 Å². The molecule has 0 atom stereocenters. The summed E-state index contributed by atoms with van der Waals surface area (Å²) in [5.41, 5.74) is 6.96. The van der Waals surface area contributed by atoms with Crippen LogP contribution in [0.4, 0.5) is 5.69 Å². The van der Waals surface area contributed by atoms with Gasteiger partial charge in [-0.1, -0.05) is 59.8 Å². The van der Waals surface area contributed by atoms with Crippen LogP contribution in [0.3, 0.4) is 0 Å². The third-order valence-electron chi connectivity index (χ3n) is 4.58. The summed E-state index contributed by atoms with van der Waals surface area (Å²) in [4.78, 5) is 12.4. The highest BCUT2D eigenvalue weighted by molar-refractivity contribution is 7.99. The van der Waals surface area contributed by atoms with Gasteiger partial charge < -0.3 is 10.1 Å². The number of thiocarbonyl (C=S) groups is 1. The van der Waals surface area contributed by atoms with E-state index in [-0.39, 0.29) is 23.4 Å². The van der Waals surface area contributed by atoms with Gasteiger partial charge in [-0.05, 0) is 60.7 Å². The number of hydrogen-bond acceptors (Lipinski definition) is 6. The van der Waals surface area contributed by atoms with Gasteiger partial charge >= 0.3 is 0 Å². The molecule has 0 saturated heterocycles. The second-order valence-electron chi connectivity index (χ2n) is 7.09. The second kappa shape index (κ2) is 12.2. The second-order valence-corrected chi connectivity index (χ2v) is 8.88. The molecule has 0 aliphatic heterocycles. The third-order valence-corrected chi connectivity index (χ3v) is 5.96. The van der Waals surface area contributed by atoms with Crippen molar-refractivity contribution in [3.8, 4) is 11.4 Å². The lowest BCUT2D eigenvalue weighted by Crippen LogP contribution is -2.44. The molecule has 0 radical (unpaired) electrons. The zero-order valence-corrected chi connectivity index (χ0v) is 20.7. The van der Waals surface area contributed by atoms with Crippen LogP contribution in [0.1, 0.15) is 5.82 Å². The number of carbonyl (C=O) groups is 1. The minimum absolute atomic E-state index is 0.101. The van der Waals surface area contributed by atoms with E-state index in [1.165, 1.54) is 11.8 Å². The molecule has 8 nitrogen and oxygen atoms in total. The maximum absolute atomic E-state index is 12.4. The highest BCUT2D eigenvalue weighted by Crippen LogP contribution is 2.23. The Balaban J connectivity index is 1.37. The van der Waals surface area contributed by atoms with Crippen LogP contribution in [-0.4, -0.2) is 31.5 Å². The van der Waals surface area contributed by atoms with E-state index in [2.05, 4.69) is 26.4 Å². The number of benzene rings is 3. The first-order valence-corrected chi connectivity index (χ1v) is 12.3. The Kier molecular flexibility index (Phi) is 8.55. The normalized spacial score (nSPS) is 10.4. The van der Waals surface area contributed by atoms with E-state index in [1.807, 2.05) is 65.2 Å². The van der Waals surface area contributed by atoms with Crippen LogP contribution in [0.15, 0.2) is 90.1 Å². The van der Waals surface area contributed by atoms with Crippen LogP contribution in [-0.2, 0) is 11.4 Å². The fourth-order valence-corrected chi connectivity index (χ4v) is 4.04. The Labute approximate surface area is 217 Å². The molecule has 4 aromatic rings. The largest absolute Gasteiger partial charge is 0.486 e. The predicted octanol–water partition coefficient (Wildman–Crippen LogP) is 4.61. The number of carbonyl (C=O) groups excluding carboxylic acids is 1. The predicted molar refractivity (Wildman–Crippen MR) is 142 cm³/mol. The molecule has 1 aromatic heterocycles. The number of anilines is 1. The van der Waals surface area contributed by atoms with Crippen molar-refractivity contribution in [2.24, 2.45) is 0 Å². The molecular weight excluding hydrogens is 504 g/mol. The summed E-state index contributed by atoms with van der Waals surface area (Å²) in [7, 11) is 0. The molecule has 0 aliphatic rings. The molecule has 4 rings (SSSR count). The summed E-state index contributed by atoms with van der Waals surface area (Å²) < 4.78 is 7.72. The number of para-hydroxylation sites is 2. The summed E-state index contributed by atoms with van der Waals surface area (Å²) in [5, 5.41) is 13.0. The van der Waals surface area contributed by atoms with Crippen LogP contribution in [0.5, 0.6) is 5.75 Å². The fourth-order valence-electron chi connectivity index (χ4n) is 2.98. The Morgan fingerprint density at radius 1 is 0.943 bits per heavy atom. The van der Waals surface area contributed by atoms with Gasteiger partial charge in [-0.15, -0.1) is 10.2 Å². The number of hydrazine groups is 1. The molecule has 1 heterocycles. The molecule has 0 unspecified atom stereocenters. The van der Waals surface area contributed by atoms with Gasteiger partial charge in [0, 0.05) is 16.4 Å². The molecule has 0 bridgehead atoms. The molecule has 0 saturated carbocycles. The summed E-state index contributed by atoms with van der Waals surface area (Å²) >= 11 is 12.4. The maximum atomic E-state index is 12.4. The Bertz CT molecular complexity index is 1270. The first-order valence-electron chi connectivity index (χ1n) is 10.5.